The van der Waals surface area contributed by atoms with Crippen molar-refractivity contribution in [2.24, 2.45) is 0 Å². The molecule has 1 atom stereocenters. The molecular formula is C17H19ClN2O5S. The molecule has 2 aromatic carbocycles. The molecule has 0 aliphatic heterocycles. The average molecular weight is 399 g/mol. The van der Waals surface area contributed by atoms with Crippen LogP contribution < -0.4 is 19.5 Å². The van der Waals surface area contributed by atoms with E-state index in [0.717, 1.165) is 6.26 Å². The molecule has 0 aliphatic rings. The van der Waals surface area contributed by atoms with E-state index in [9.17, 15) is 13.2 Å². The van der Waals surface area contributed by atoms with Crippen LogP contribution in [0.25, 0.3) is 0 Å². The van der Waals surface area contributed by atoms with Crippen LogP contribution in [0.2, 0.25) is 5.02 Å². The van der Waals surface area contributed by atoms with Crippen LogP contribution in [0, 0.1) is 0 Å². The minimum absolute atomic E-state index is 0.274. The summed E-state index contributed by atoms with van der Waals surface area (Å²) >= 11 is 5.89. The molecule has 0 saturated heterocycles. The number of benzene rings is 2. The van der Waals surface area contributed by atoms with Crippen molar-refractivity contribution in [2.75, 3.05) is 23.4 Å². The molecule has 0 aliphatic carbocycles. The lowest BCUT2D eigenvalue weighted by molar-refractivity contribution is -0.122. The highest BCUT2D eigenvalue weighted by atomic mass is 35.5. The predicted molar refractivity (Wildman–Crippen MR) is 102 cm³/mol. The Bertz CT molecular complexity index is 902. The summed E-state index contributed by atoms with van der Waals surface area (Å²) in [5.41, 5.74) is 0.712. The van der Waals surface area contributed by atoms with Crippen molar-refractivity contribution in [2.45, 2.75) is 13.0 Å². The lowest BCUT2D eigenvalue weighted by atomic mass is 10.2. The van der Waals surface area contributed by atoms with Crippen molar-refractivity contribution < 1.29 is 22.7 Å². The maximum Gasteiger partial charge on any atom is 0.265 e. The SMILES string of the molecule is COc1cc(NC(=O)C(C)Oc2cccc(Cl)c2)ccc1NS(C)(=O)=O. The maximum atomic E-state index is 12.3. The Balaban J connectivity index is 2.08. The third kappa shape index (κ3) is 5.82. The highest BCUT2D eigenvalue weighted by Crippen LogP contribution is 2.29. The topological polar surface area (TPSA) is 93.7 Å². The van der Waals surface area contributed by atoms with E-state index in [1.54, 1.807) is 37.3 Å². The van der Waals surface area contributed by atoms with Crippen molar-refractivity contribution in [1.29, 1.82) is 0 Å². The summed E-state index contributed by atoms with van der Waals surface area (Å²) in [7, 11) is -2.04. The molecule has 0 bridgehead atoms. The Kier molecular flexibility index (Phi) is 6.33. The van der Waals surface area contributed by atoms with Crippen LogP contribution in [0.4, 0.5) is 11.4 Å². The molecule has 1 unspecified atom stereocenters. The zero-order valence-corrected chi connectivity index (χ0v) is 16.0. The van der Waals surface area contributed by atoms with Gasteiger partial charge in [0.05, 0.1) is 19.1 Å². The number of carbonyl (C=O) groups is 1. The van der Waals surface area contributed by atoms with Crippen molar-refractivity contribution in [3.05, 3.63) is 47.5 Å². The van der Waals surface area contributed by atoms with Gasteiger partial charge in [-0.3, -0.25) is 9.52 Å². The lowest BCUT2D eigenvalue weighted by Gasteiger charge is -2.16. The van der Waals surface area contributed by atoms with Gasteiger partial charge in [-0.1, -0.05) is 17.7 Å². The van der Waals surface area contributed by atoms with E-state index in [0.29, 0.717) is 16.5 Å². The number of rotatable bonds is 7. The fraction of sp³-hybridized carbons (Fsp3) is 0.235. The number of halogens is 1. The quantitative estimate of drug-likeness (QED) is 0.747. The van der Waals surface area contributed by atoms with Gasteiger partial charge in [0.25, 0.3) is 5.91 Å². The smallest absolute Gasteiger partial charge is 0.265 e. The summed E-state index contributed by atoms with van der Waals surface area (Å²) in [6.45, 7) is 1.60. The highest BCUT2D eigenvalue weighted by molar-refractivity contribution is 7.92. The van der Waals surface area contributed by atoms with E-state index in [4.69, 9.17) is 21.1 Å². The van der Waals surface area contributed by atoms with Gasteiger partial charge in [0, 0.05) is 16.8 Å². The normalized spacial score (nSPS) is 12.2. The van der Waals surface area contributed by atoms with Crippen molar-refractivity contribution >= 4 is 38.9 Å². The average Bonchev–Trinajstić information content (AvgIpc) is 2.54. The number of amides is 1. The van der Waals surface area contributed by atoms with Crippen molar-refractivity contribution in [1.82, 2.24) is 0 Å². The van der Waals surface area contributed by atoms with Crippen LogP contribution in [0.3, 0.4) is 0 Å². The van der Waals surface area contributed by atoms with E-state index in [1.807, 2.05) is 0 Å². The second-order valence-electron chi connectivity index (χ2n) is 5.50. The van der Waals surface area contributed by atoms with Gasteiger partial charge in [-0.15, -0.1) is 0 Å². The molecule has 0 spiro atoms. The first-order chi connectivity index (χ1) is 12.2. The van der Waals surface area contributed by atoms with E-state index >= 15 is 0 Å². The monoisotopic (exact) mass is 398 g/mol. The van der Waals surface area contributed by atoms with Gasteiger partial charge in [-0.25, -0.2) is 8.42 Å². The number of anilines is 2. The largest absolute Gasteiger partial charge is 0.494 e. The van der Waals surface area contributed by atoms with Crippen LogP contribution in [-0.4, -0.2) is 33.8 Å². The summed E-state index contributed by atoms with van der Waals surface area (Å²) in [6.07, 6.45) is 0.269. The highest BCUT2D eigenvalue weighted by Gasteiger charge is 2.16. The van der Waals surface area contributed by atoms with E-state index in [-0.39, 0.29) is 17.3 Å². The molecule has 2 aromatic rings. The van der Waals surface area contributed by atoms with Crippen molar-refractivity contribution in [3.8, 4) is 11.5 Å². The summed E-state index contributed by atoms with van der Waals surface area (Å²) in [6, 6.07) is 11.3. The molecular weight excluding hydrogens is 380 g/mol. The van der Waals surface area contributed by atoms with E-state index < -0.39 is 16.1 Å². The second-order valence-corrected chi connectivity index (χ2v) is 7.68. The molecule has 7 nitrogen and oxygen atoms in total. The fourth-order valence-corrected chi connectivity index (χ4v) is 2.84. The minimum Gasteiger partial charge on any atom is -0.494 e. The Labute approximate surface area is 157 Å². The van der Waals surface area contributed by atoms with Gasteiger partial charge in [0.15, 0.2) is 6.10 Å². The summed E-state index contributed by atoms with van der Waals surface area (Å²) in [5.74, 6) is 0.373. The third-order valence-corrected chi connectivity index (χ3v) is 4.07. The number of sulfonamides is 1. The van der Waals surface area contributed by atoms with Gasteiger partial charge in [0.1, 0.15) is 11.5 Å². The van der Waals surface area contributed by atoms with E-state index in [2.05, 4.69) is 10.0 Å². The number of methoxy groups -OCH3 is 1. The second kappa shape index (κ2) is 8.29. The molecule has 26 heavy (non-hydrogen) atoms. The standard InChI is InChI=1S/C17H19ClN2O5S/c1-11(25-14-6-4-5-12(18)9-14)17(21)19-13-7-8-15(16(10-13)24-2)20-26(3,22)23/h4-11,20H,1-3H3,(H,19,21). The summed E-state index contributed by atoms with van der Waals surface area (Å²) < 4.78 is 35.8. The number of nitrogens with one attached hydrogen (secondary N) is 2. The van der Waals surface area contributed by atoms with Gasteiger partial charge < -0.3 is 14.8 Å². The molecule has 1 amide bonds. The Hall–Kier alpha value is -2.45. The molecule has 0 aromatic heterocycles. The first-order valence-electron chi connectivity index (χ1n) is 7.57. The maximum absolute atomic E-state index is 12.3. The first kappa shape index (κ1) is 19.9. The van der Waals surface area contributed by atoms with Crippen molar-refractivity contribution in [3.63, 3.8) is 0 Å². The number of carbonyl (C=O) groups excluding carboxylic acids is 1. The number of ether oxygens (including phenoxy) is 2. The molecule has 140 valence electrons. The third-order valence-electron chi connectivity index (χ3n) is 3.24. The Morgan fingerprint density at radius 2 is 1.92 bits per heavy atom. The van der Waals surface area contributed by atoms with Crippen LogP contribution in [0.15, 0.2) is 42.5 Å². The minimum atomic E-state index is -3.45. The number of hydrogen-bond donors (Lipinski definition) is 2. The van der Waals surface area contributed by atoms with Crippen LogP contribution >= 0.6 is 11.6 Å². The zero-order chi connectivity index (χ0) is 19.3. The molecule has 0 fully saturated rings. The lowest BCUT2D eigenvalue weighted by Crippen LogP contribution is -2.30. The fourth-order valence-electron chi connectivity index (χ4n) is 2.09. The van der Waals surface area contributed by atoms with Gasteiger partial charge in [-0.2, -0.15) is 0 Å². The number of hydrogen-bond acceptors (Lipinski definition) is 5. The zero-order valence-electron chi connectivity index (χ0n) is 14.4. The molecule has 0 saturated carbocycles. The molecule has 0 radical (unpaired) electrons. The van der Waals surface area contributed by atoms with Crippen LogP contribution in [0.1, 0.15) is 6.92 Å². The van der Waals surface area contributed by atoms with Crippen LogP contribution in [-0.2, 0) is 14.8 Å². The molecule has 0 heterocycles. The Morgan fingerprint density at radius 3 is 2.54 bits per heavy atom. The predicted octanol–water partition coefficient (Wildman–Crippen LogP) is 3.13. The summed E-state index contributed by atoms with van der Waals surface area (Å²) in [4.78, 5) is 12.3. The molecule has 9 heteroatoms. The van der Waals surface area contributed by atoms with Gasteiger partial charge >= 0.3 is 0 Å². The van der Waals surface area contributed by atoms with Gasteiger partial charge in [-0.05, 0) is 37.3 Å². The molecule has 2 rings (SSSR count). The van der Waals surface area contributed by atoms with Crippen LogP contribution in [0.5, 0.6) is 11.5 Å². The first-order valence-corrected chi connectivity index (χ1v) is 9.84. The molecule has 2 N–H and O–H groups in total. The van der Waals surface area contributed by atoms with E-state index in [1.165, 1.54) is 19.2 Å². The Morgan fingerprint density at radius 1 is 1.19 bits per heavy atom. The van der Waals surface area contributed by atoms with Gasteiger partial charge in [0.2, 0.25) is 10.0 Å². The summed E-state index contributed by atoms with van der Waals surface area (Å²) in [5, 5.41) is 3.20.